The van der Waals surface area contributed by atoms with Crippen molar-refractivity contribution in [2.75, 3.05) is 48.3 Å². The molecule has 0 spiro atoms. The van der Waals surface area contributed by atoms with Crippen molar-refractivity contribution in [2.45, 2.75) is 13.8 Å². The van der Waals surface area contributed by atoms with E-state index in [-0.39, 0.29) is 31.0 Å². The van der Waals surface area contributed by atoms with Crippen molar-refractivity contribution < 1.29 is 30.0 Å². The molecule has 1 fully saturated rings. The van der Waals surface area contributed by atoms with E-state index in [0.717, 1.165) is 5.56 Å². The topological polar surface area (TPSA) is 174 Å². The molecule has 3 heterocycles. The van der Waals surface area contributed by atoms with Gasteiger partial charge >= 0.3 is 5.97 Å². The normalized spacial score (nSPS) is 14.6. The predicted molar refractivity (Wildman–Crippen MR) is 138 cm³/mol. The Hall–Kier alpha value is -3.36. The fraction of sp³-hybridized carbons (Fsp3) is 0.318. The molecule has 7 N–H and O–H groups in total. The monoisotopic (exact) mass is 537 g/mol. The van der Waals surface area contributed by atoms with Gasteiger partial charge in [-0.2, -0.15) is 4.65 Å². The molecule has 2 aromatic heterocycles. The number of carbonyl (C=O) groups is 2. The number of para-hydroxylation sites is 1. The Morgan fingerprint density at radius 2 is 1.94 bits per heavy atom. The van der Waals surface area contributed by atoms with E-state index in [2.05, 4.69) is 25.6 Å². The first-order valence-electron chi connectivity index (χ1n) is 10.8. The number of carbonyl (C=O) groups excluding carboxylic acids is 1. The largest absolute Gasteiger partial charge is 0.477 e. The van der Waals surface area contributed by atoms with Gasteiger partial charge in [0.15, 0.2) is 5.13 Å². The number of amides is 1. The number of rotatable bonds is 7. The highest BCUT2D eigenvalue weighted by Crippen LogP contribution is 2.28. The number of thiazole rings is 1. The van der Waals surface area contributed by atoms with E-state index < -0.39 is 10.6 Å². The standard InChI is InChI=1S/C22H24ClN7O4S.H2O/c1-13-4-3-5-15(23)20(13)28-21(33)16-11-24-22(35-16)27-17-10-18(26-14(2)25-17)29-6-8-30(34,9-7-29)12-19(31)32;/h3-5,10-11,34H,6-9,12H2,1-2H3,(H2-,24,25,26,27,28,31,32,33);1H2/p+2. The molecule has 0 saturated carbocycles. The van der Waals surface area contributed by atoms with Crippen molar-refractivity contribution >= 4 is 57.3 Å². The molecule has 4 rings (SSSR count). The Kier molecular flexibility index (Phi) is 8.43. The van der Waals surface area contributed by atoms with Crippen LogP contribution in [0.25, 0.3) is 0 Å². The Morgan fingerprint density at radius 3 is 2.61 bits per heavy atom. The van der Waals surface area contributed by atoms with Crippen molar-refractivity contribution in [1.29, 1.82) is 0 Å². The summed E-state index contributed by atoms with van der Waals surface area (Å²) in [5.74, 6) is 0.354. The zero-order chi connectivity index (χ0) is 25.2. The highest BCUT2D eigenvalue weighted by atomic mass is 35.5. The number of halogens is 1. The quantitative estimate of drug-likeness (QED) is 0.260. The molecule has 0 atom stereocenters. The first-order chi connectivity index (χ1) is 16.6. The molecule has 1 aliphatic heterocycles. The fourth-order valence-electron chi connectivity index (χ4n) is 3.77. The average molecular weight is 538 g/mol. The number of hydrogen-bond acceptors (Lipinski definition) is 9. The molecule has 12 nitrogen and oxygen atoms in total. The van der Waals surface area contributed by atoms with Crippen LogP contribution in [0.5, 0.6) is 0 Å². The highest BCUT2D eigenvalue weighted by Gasteiger charge is 2.35. The summed E-state index contributed by atoms with van der Waals surface area (Å²) >= 11 is 7.38. The summed E-state index contributed by atoms with van der Waals surface area (Å²) < 4.78 is -0.501. The number of benzene rings is 1. The van der Waals surface area contributed by atoms with Crippen LogP contribution in [0, 0.1) is 13.8 Å². The van der Waals surface area contributed by atoms with Crippen LogP contribution in [-0.4, -0.2) is 74.5 Å². The van der Waals surface area contributed by atoms with Crippen LogP contribution in [0.2, 0.25) is 5.02 Å². The number of aliphatic carboxylic acids is 1. The summed E-state index contributed by atoms with van der Waals surface area (Å²) in [5, 5.41) is 26.3. The summed E-state index contributed by atoms with van der Waals surface area (Å²) in [6.45, 7) is 4.74. The van der Waals surface area contributed by atoms with Crippen molar-refractivity contribution in [2.24, 2.45) is 0 Å². The number of piperazine rings is 1. The molecule has 3 aromatic rings. The number of hydroxylamine groups is 3. The summed E-state index contributed by atoms with van der Waals surface area (Å²) in [7, 11) is 0. The third-order valence-electron chi connectivity index (χ3n) is 5.58. The van der Waals surface area contributed by atoms with E-state index >= 15 is 0 Å². The lowest BCUT2D eigenvalue weighted by Gasteiger charge is -2.38. The van der Waals surface area contributed by atoms with Gasteiger partial charge in [0.05, 0.1) is 30.0 Å². The minimum Gasteiger partial charge on any atom is -0.477 e. The van der Waals surface area contributed by atoms with E-state index in [1.807, 2.05) is 24.0 Å². The summed E-state index contributed by atoms with van der Waals surface area (Å²) in [6.07, 6.45) is 1.48. The molecule has 192 valence electrons. The number of quaternary nitrogens is 1. The molecule has 0 aliphatic carbocycles. The van der Waals surface area contributed by atoms with Gasteiger partial charge in [-0.1, -0.05) is 35.1 Å². The number of aryl methyl sites for hydroxylation is 2. The van der Waals surface area contributed by atoms with Crippen LogP contribution in [-0.2, 0) is 10.3 Å². The van der Waals surface area contributed by atoms with Crippen LogP contribution in [0.15, 0.2) is 30.5 Å². The van der Waals surface area contributed by atoms with Gasteiger partial charge in [0, 0.05) is 6.07 Å². The van der Waals surface area contributed by atoms with E-state index in [9.17, 15) is 14.8 Å². The molecular weight excluding hydrogens is 510 g/mol. The van der Waals surface area contributed by atoms with Crippen molar-refractivity contribution in [3.8, 4) is 0 Å². The second kappa shape index (κ2) is 11.1. The van der Waals surface area contributed by atoms with Gasteiger partial charge in [-0.05, 0) is 25.5 Å². The Bertz CT molecular complexity index is 1240. The molecular formula is C22H28ClN7O5S+2. The fourth-order valence-corrected chi connectivity index (χ4v) is 4.75. The van der Waals surface area contributed by atoms with Crippen LogP contribution in [0.1, 0.15) is 21.1 Å². The number of anilines is 4. The Labute approximate surface area is 216 Å². The van der Waals surface area contributed by atoms with Crippen molar-refractivity contribution in [1.82, 2.24) is 15.0 Å². The van der Waals surface area contributed by atoms with E-state index in [4.69, 9.17) is 16.7 Å². The second-order valence-corrected chi connectivity index (χ2v) is 9.72. The van der Waals surface area contributed by atoms with Gasteiger partial charge in [-0.15, -0.1) is 0 Å². The summed E-state index contributed by atoms with van der Waals surface area (Å²) in [4.78, 5) is 39.3. The number of carboxylic acid groups (broad SMARTS) is 1. The lowest BCUT2D eigenvalue weighted by atomic mass is 10.2. The summed E-state index contributed by atoms with van der Waals surface area (Å²) in [5.41, 5.74) is 1.42. The maximum atomic E-state index is 12.7. The van der Waals surface area contributed by atoms with E-state index in [1.54, 1.807) is 19.1 Å². The average Bonchev–Trinajstić information content (AvgIpc) is 3.24. The molecule has 1 aromatic carbocycles. The molecule has 14 heteroatoms. The first kappa shape index (κ1) is 27.2. The number of nitrogens with zero attached hydrogens (tertiary/aromatic N) is 5. The highest BCUT2D eigenvalue weighted by molar-refractivity contribution is 7.17. The SMILES string of the molecule is Cc1nc(Nc2ncc(C(=O)Nc3c(C)cccc3Cl)s2)cc(N2CC[N+](O)(CC(=O)O)CC2)n1.[OH3+]. The molecule has 0 unspecified atom stereocenters. The third kappa shape index (κ3) is 6.44. The minimum atomic E-state index is -1.04. The van der Waals surface area contributed by atoms with Gasteiger partial charge in [0.2, 0.25) is 6.54 Å². The maximum Gasteiger partial charge on any atom is 0.362 e. The number of nitrogens with one attached hydrogen (secondary N) is 2. The molecule has 1 amide bonds. The van der Waals surface area contributed by atoms with Crippen molar-refractivity contribution in [3.05, 3.63) is 51.7 Å². The van der Waals surface area contributed by atoms with Crippen LogP contribution in [0.4, 0.5) is 22.5 Å². The molecule has 1 saturated heterocycles. The number of carboxylic acids is 1. The number of aromatic nitrogens is 3. The Morgan fingerprint density at radius 1 is 1.22 bits per heavy atom. The molecule has 1 aliphatic rings. The minimum absolute atomic E-state index is 0. The Balaban J connectivity index is 0.00000361. The maximum absolute atomic E-state index is 12.7. The van der Waals surface area contributed by atoms with Gasteiger partial charge in [-0.3, -0.25) is 4.79 Å². The zero-order valence-electron chi connectivity index (χ0n) is 19.7. The zero-order valence-corrected chi connectivity index (χ0v) is 21.3. The number of hydrogen-bond donors (Lipinski definition) is 4. The van der Waals surface area contributed by atoms with E-state index in [0.29, 0.717) is 51.3 Å². The molecule has 36 heavy (non-hydrogen) atoms. The van der Waals surface area contributed by atoms with Gasteiger partial charge in [-0.25, -0.2) is 25.0 Å². The van der Waals surface area contributed by atoms with Crippen LogP contribution >= 0.6 is 22.9 Å². The second-order valence-electron chi connectivity index (χ2n) is 8.28. The lowest BCUT2D eigenvalue weighted by molar-refractivity contribution is -1.10. The van der Waals surface area contributed by atoms with Crippen LogP contribution in [0.3, 0.4) is 0 Å². The lowest BCUT2D eigenvalue weighted by Crippen LogP contribution is -2.59. The van der Waals surface area contributed by atoms with Crippen LogP contribution < -0.4 is 15.5 Å². The smallest absolute Gasteiger partial charge is 0.362 e. The van der Waals surface area contributed by atoms with Gasteiger partial charge in [0.25, 0.3) is 5.91 Å². The van der Waals surface area contributed by atoms with Gasteiger partial charge in [0.1, 0.15) is 35.4 Å². The van der Waals surface area contributed by atoms with Crippen molar-refractivity contribution in [3.63, 3.8) is 0 Å². The molecule has 0 bridgehead atoms. The predicted octanol–water partition coefficient (Wildman–Crippen LogP) is 2.39. The third-order valence-corrected chi connectivity index (χ3v) is 6.80. The van der Waals surface area contributed by atoms with E-state index in [1.165, 1.54) is 17.5 Å². The molecule has 0 radical (unpaired) electrons. The first-order valence-corrected chi connectivity index (χ1v) is 12.0. The van der Waals surface area contributed by atoms with Gasteiger partial charge < -0.3 is 26.1 Å². The summed E-state index contributed by atoms with van der Waals surface area (Å²) in [6, 6.07) is 7.16.